The van der Waals surface area contributed by atoms with Crippen molar-refractivity contribution >= 4 is 12.3 Å². The van der Waals surface area contributed by atoms with E-state index >= 15 is 0 Å². The molecule has 19 heavy (non-hydrogen) atoms. The summed E-state index contributed by atoms with van der Waals surface area (Å²) in [5, 5.41) is 3.88. The van der Waals surface area contributed by atoms with Crippen LogP contribution in [-0.2, 0) is 4.74 Å². The van der Waals surface area contributed by atoms with Crippen LogP contribution in [0.3, 0.4) is 0 Å². The number of nitrogens with one attached hydrogen (secondary N) is 1. The highest BCUT2D eigenvalue weighted by Crippen LogP contribution is 2.00. The summed E-state index contributed by atoms with van der Waals surface area (Å²) in [4.78, 5) is 10.7. The van der Waals surface area contributed by atoms with Crippen molar-refractivity contribution in [2.45, 2.75) is 0 Å². The molecule has 0 aliphatic carbocycles. The van der Waals surface area contributed by atoms with Gasteiger partial charge in [0, 0.05) is 12.4 Å². The molecule has 0 spiro atoms. The second-order valence-corrected chi connectivity index (χ2v) is 3.27. The second kappa shape index (κ2) is 9.23. The minimum Gasteiger partial charge on any atom is -0.411 e. The van der Waals surface area contributed by atoms with Gasteiger partial charge in [-0.05, 0) is 24.3 Å². The summed E-state index contributed by atoms with van der Waals surface area (Å²) in [5.74, 6) is 0.324. The first-order valence-electron chi connectivity index (χ1n) is 5.58. The van der Waals surface area contributed by atoms with Crippen LogP contribution in [-0.4, -0.2) is 12.3 Å². The zero-order valence-electron chi connectivity index (χ0n) is 10.3. The van der Waals surface area contributed by atoms with Crippen LogP contribution in [0.1, 0.15) is 0 Å². The van der Waals surface area contributed by atoms with Crippen LogP contribution in [0.15, 0.2) is 77.8 Å². The van der Waals surface area contributed by atoms with Gasteiger partial charge >= 0.3 is 6.09 Å². The zero-order valence-corrected chi connectivity index (χ0v) is 10.3. The first kappa shape index (κ1) is 14.2. The van der Waals surface area contributed by atoms with E-state index in [-0.39, 0.29) is 0 Å². The average molecular weight is 257 g/mol. The molecule has 0 unspecified atom stereocenters. The fourth-order valence-corrected chi connectivity index (χ4v) is 1.08. The fourth-order valence-electron chi connectivity index (χ4n) is 1.08. The Kier molecular flexibility index (Phi) is 6.92. The molecule has 0 saturated carbocycles. The van der Waals surface area contributed by atoms with Crippen LogP contribution < -0.4 is 11.2 Å². The second-order valence-electron chi connectivity index (χ2n) is 3.27. The highest BCUT2D eigenvalue weighted by Gasteiger charge is 1.96. The minimum atomic E-state index is -0.862. The summed E-state index contributed by atoms with van der Waals surface area (Å²) in [6.07, 6.45) is 19.9. The van der Waals surface area contributed by atoms with Gasteiger partial charge in [-0.1, -0.05) is 36.5 Å². The van der Waals surface area contributed by atoms with Gasteiger partial charge in [-0.2, -0.15) is 5.10 Å². The molecule has 0 aromatic rings. The standard InChI is InChI=1S/C14H15N3O2/c15-14(18)19-13-9-6-4-2-1-3-5-7-11-16-17-12-8-10-13/h1-12,16H,(H2,15,18). The van der Waals surface area contributed by atoms with E-state index in [1.807, 2.05) is 30.4 Å². The molecule has 1 rings (SSSR count). The molecule has 0 fully saturated rings. The van der Waals surface area contributed by atoms with Crippen molar-refractivity contribution in [2.75, 3.05) is 0 Å². The third kappa shape index (κ3) is 7.98. The number of nitrogens with zero attached hydrogens (tertiary/aromatic N) is 1. The first-order chi connectivity index (χ1) is 9.29. The predicted octanol–water partition coefficient (Wildman–Crippen LogP) is 2.29. The Labute approximate surface area is 111 Å². The number of amides is 1. The molecule has 98 valence electrons. The molecule has 0 aromatic heterocycles. The molecule has 0 bridgehead atoms. The maximum Gasteiger partial charge on any atom is 0.409 e. The van der Waals surface area contributed by atoms with Gasteiger partial charge in [-0.15, -0.1) is 0 Å². The number of carbonyl (C=O) groups excluding carboxylic acids is 1. The van der Waals surface area contributed by atoms with Crippen molar-refractivity contribution in [2.24, 2.45) is 10.8 Å². The lowest BCUT2D eigenvalue weighted by Gasteiger charge is -1.98. The van der Waals surface area contributed by atoms with Crippen LogP contribution in [0.2, 0.25) is 0 Å². The predicted molar refractivity (Wildman–Crippen MR) is 76.1 cm³/mol. The van der Waals surface area contributed by atoms with Crippen molar-refractivity contribution in [1.82, 2.24) is 5.43 Å². The van der Waals surface area contributed by atoms with E-state index in [2.05, 4.69) is 10.5 Å². The molecule has 5 nitrogen and oxygen atoms in total. The average Bonchev–Trinajstić information content (AvgIpc) is 2.38. The topological polar surface area (TPSA) is 76.7 Å². The van der Waals surface area contributed by atoms with Crippen molar-refractivity contribution in [3.63, 3.8) is 0 Å². The number of hydrazone groups is 1. The summed E-state index contributed by atoms with van der Waals surface area (Å²) >= 11 is 0. The Hall–Kier alpha value is -2.82. The first-order valence-corrected chi connectivity index (χ1v) is 5.58. The number of primary amides is 1. The van der Waals surface area contributed by atoms with Crippen LogP contribution in [0.5, 0.6) is 0 Å². The van der Waals surface area contributed by atoms with Gasteiger partial charge in [0.15, 0.2) is 0 Å². The van der Waals surface area contributed by atoms with E-state index < -0.39 is 6.09 Å². The van der Waals surface area contributed by atoms with Gasteiger partial charge in [0.05, 0.1) is 0 Å². The van der Waals surface area contributed by atoms with Crippen molar-refractivity contribution in [3.8, 4) is 0 Å². The van der Waals surface area contributed by atoms with E-state index in [0.717, 1.165) is 0 Å². The quantitative estimate of drug-likeness (QED) is 0.756. The lowest BCUT2D eigenvalue weighted by molar-refractivity contribution is 0.190. The van der Waals surface area contributed by atoms with Crippen LogP contribution >= 0.6 is 0 Å². The maximum atomic E-state index is 10.7. The molecule has 1 amide bonds. The smallest absolute Gasteiger partial charge is 0.409 e. The monoisotopic (exact) mass is 257 g/mol. The molecule has 1 aliphatic rings. The van der Waals surface area contributed by atoms with E-state index in [9.17, 15) is 4.79 Å². The molecule has 0 aromatic carbocycles. The van der Waals surface area contributed by atoms with E-state index in [1.54, 1.807) is 36.6 Å². The van der Waals surface area contributed by atoms with E-state index in [0.29, 0.717) is 5.76 Å². The van der Waals surface area contributed by atoms with Gasteiger partial charge in [-0.3, -0.25) is 5.43 Å². The molecule has 0 atom stereocenters. The summed E-state index contributed by atoms with van der Waals surface area (Å²) in [6.45, 7) is 0. The Morgan fingerprint density at radius 3 is 2.47 bits per heavy atom. The van der Waals surface area contributed by atoms with Gasteiger partial charge in [0.1, 0.15) is 5.76 Å². The summed E-state index contributed by atoms with van der Waals surface area (Å²) in [5.41, 5.74) is 7.67. The highest BCUT2D eigenvalue weighted by molar-refractivity contribution is 5.72. The Morgan fingerprint density at radius 2 is 1.74 bits per heavy atom. The van der Waals surface area contributed by atoms with Gasteiger partial charge < -0.3 is 10.5 Å². The Morgan fingerprint density at radius 1 is 1.05 bits per heavy atom. The van der Waals surface area contributed by atoms with Crippen molar-refractivity contribution in [3.05, 3.63) is 72.7 Å². The minimum absolute atomic E-state index is 0.324. The highest BCUT2D eigenvalue weighted by atomic mass is 16.5. The number of carbonyl (C=O) groups is 1. The van der Waals surface area contributed by atoms with Crippen LogP contribution in [0.4, 0.5) is 4.79 Å². The van der Waals surface area contributed by atoms with Crippen LogP contribution in [0, 0.1) is 0 Å². The fraction of sp³-hybridized carbons (Fsp3) is 0. The van der Waals surface area contributed by atoms with Gasteiger partial charge in [0.25, 0.3) is 0 Å². The SMILES string of the molecule is NC(=O)OC1=CC=CC=CC=CC=CNN=CC=C1. The molecule has 1 heterocycles. The number of hydrogen-bond donors (Lipinski definition) is 2. The van der Waals surface area contributed by atoms with Crippen LogP contribution in [0.25, 0.3) is 0 Å². The molecular formula is C14H15N3O2. The molecular weight excluding hydrogens is 242 g/mol. The number of nitrogens with two attached hydrogens (primary N) is 1. The third-order valence-electron chi connectivity index (χ3n) is 1.81. The summed E-state index contributed by atoms with van der Waals surface area (Å²) < 4.78 is 4.80. The molecule has 0 radical (unpaired) electrons. The number of allylic oxidation sites excluding steroid dienone is 10. The van der Waals surface area contributed by atoms with E-state index in [1.165, 1.54) is 6.21 Å². The van der Waals surface area contributed by atoms with Crippen molar-refractivity contribution in [1.29, 1.82) is 0 Å². The Bertz CT molecular complexity index is 495. The number of ether oxygens (including phenoxy) is 1. The molecule has 5 heteroatoms. The lowest BCUT2D eigenvalue weighted by Crippen LogP contribution is -2.11. The van der Waals surface area contributed by atoms with E-state index in [4.69, 9.17) is 10.5 Å². The largest absolute Gasteiger partial charge is 0.411 e. The van der Waals surface area contributed by atoms with Gasteiger partial charge in [-0.25, -0.2) is 4.79 Å². The zero-order chi connectivity index (χ0) is 13.8. The van der Waals surface area contributed by atoms with Crippen molar-refractivity contribution < 1.29 is 9.53 Å². The molecule has 0 saturated heterocycles. The lowest BCUT2D eigenvalue weighted by atomic mass is 10.3. The summed E-state index contributed by atoms with van der Waals surface area (Å²) in [7, 11) is 0. The third-order valence-corrected chi connectivity index (χ3v) is 1.81. The summed E-state index contributed by atoms with van der Waals surface area (Å²) in [6, 6.07) is 0. The Balaban J connectivity index is 2.84. The maximum absolute atomic E-state index is 10.7. The van der Waals surface area contributed by atoms with Gasteiger partial charge in [0.2, 0.25) is 0 Å². The molecule has 1 aliphatic heterocycles. The number of hydrogen-bond acceptors (Lipinski definition) is 4. The molecule has 3 N–H and O–H groups in total. The number of rotatable bonds is 1. The normalized spacial score (nSPS) is 15.3.